The quantitative estimate of drug-likeness (QED) is 0.623. The van der Waals surface area contributed by atoms with E-state index in [0.717, 1.165) is 18.4 Å². The van der Waals surface area contributed by atoms with Crippen LogP contribution in [0.5, 0.6) is 0 Å². The van der Waals surface area contributed by atoms with E-state index in [0.29, 0.717) is 13.0 Å². The lowest BCUT2D eigenvalue weighted by atomic mass is 9.71. The summed E-state index contributed by atoms with van der Waals surface area (Å²) in [6.45, 7) is 2.44. The van der Waals surface area contributed by atoms with Crippen LogP contribution in [0, 0.1) is 5.92 Å². The van der Waals surface area contributed by atoms with E-state index in [4.69, 9.17) is 14.2 Å². The summed E-state index contributed by atoms with van der Waals surface area (Å²) in [6.07, 6.45) is 2.57. The van der Waals surface area contributed by atoms with Crippen molar-refractivity contribution in [3.8, 4) is 0 Å². The summed E-state index contributed by atoms with van der Waals surface area (Å²) >= 11 is 0. The zero-order valence-corrected chi connectivity index (χ0v) is 13.1. The van der Waals surface area contributed by atoms with Crippen LogP contribution in [0.15, 0.2) is 30.3 Å². The Morgan fingerprint density at radius 1 is 1.32 bits per heavy atom. The molecule has 2 aliphatic heterocycles. The van der Waals surface area contributed by atoms with Crippen LogP contribution in [0.1, 0.15) is 31.7 Å². The molecule has 1 aromatic carbocycles. The Morgan fingerprint density at radius 3 is 2.82 bits per heavy atom. The fourth-order valence-electron chi connectivity index (χ4n) is 4.61. The smallest absolute Gasteiger partial charge is 0.339 e. The van der Waals surface area contributed by atoms with Crippen LogP contribution >= 0.6 is 0 Å². The molecular formula is C17H21BO4. The average molecular weight is 300 g/mol. The van der Waals surface area contributed by atoms with Gasteiger partial charge in [-0.05, 0) is 24.8 Å². The van der Waals surface area contributed by atoms with Crippen molar-refractivity contribution >= 4 is 13.8 Å². The third-order valence-corrected chi connectivity index (χ3v) is 5.70. The number of carbonyl (C=O) groups excluding carboxylic acids is 1. The Morgan fingerprint density at radius 2 is 2.09 bits per heavy atom. The average Bonchev–Trinajstić information content (AvgIpc) is 2.88. The second-order valence-electron chi connectivity index (χ2n) is 6.75. The molecule has 0 spiro atoms. The highest BCUT2D eigenvalue weighted by atomic mass is 16.6. The summed E-state index contributed by atoms with van der Waals surface area (Å²) in [5.74, 6) is -0.0612. The Hall–Kier alpha value is -1.33. The van der Waals surface area contributed by atoms with E-state index in [9.17, 15) is 4.79 Å². The van der Waals surface area contributed by atoms with Crippen LogP contribution in [0.2, 0.25) is 0 Å². The first-order valence-corrected chi connectivity index (χ1v) is 8.18. The van der Waals surface area contributed by atoms with E-state index < -0.39 is 5.60 Å². The van der Waals surface area contributed by atoms with Crippen LogP contribution in [0.25, 0.3) is 0 Å². The van der Waals surface area contributed by atoms with E-state index in [2.05, 4.69) is 6.92 Å². The summed E-state index contributed by atoms with van der Waals surface area (Å²) < 4.78 is 17.8. The van der Waals surface area contributed by atoms with Crippen molar-refractivity contribution in [1.29, 1.82) is 0 Å². The maximum absolute atomic E-state index is 12.7. The maximum Gasteiger partial charge on any atom is 0.339 e. The van der Waals surface area contributed by atoms with Crippen LogP contribution < -0.4 is 0 Å². The molecular weight excluding hydrogens is 279 g/mol. The van der Waals surface area contributed by atoms with Crippen molar-refractivity contribution < 1.29 is 19.0 Å². The van der Waals surface area contributed by atoms with E-state index in [-0.39, 0.29) is 29.6 Å². The molecule has 5 atom stereocenters. The van der Waals surface area contributed by atoms with Crippen molar-refractivity contribution in [2.45, 2.75) is 56.1 Å². The van der Waals surface area contributed by atoms with Gasteiger partial charge in [-0.25, -0.2) is 4.79 Å². The van der Waals surface area contributed by atoms with Crippen molar-refractivity contribution in [3.05, 3.63) is 35.9 Å². The Bertz CT molecular complexity index is 592. The largest absolute Gasteiger partial charge is 0.459 e. The van der Waals surface area contributed by atoms with Crippen molar-refractivity contribution in [2.24, 2.45) is 5.92 Å². The lowest BCUT2D eigenvalue weighted by Gasteiger charge is -2.49. The molecule has 4 nitrogen and oxygen atoms in total. The third-order valence-electron chi connectivity index (χ3n) is 5.70. The molecule has 0 aromatic heterocycles. The minimum absolute atomic E-state index is 0.0479. The molecule has 22 heavy (non-hydrogen) atoms. The lowest BCUT2D eigenvalue weighted by molar-refractivity contribution is -0.250. The van der Waals surface area contributed by atoms with Gasteiger partial charge in [-0.3, -0.25) is 0 Å². The predicted molar refractivity (Wildman–Crippen MR) is 83.0 cm³/mol. The predicted octanol–water partition coefficient (Wildman–Crippen LogP) is 1.42. The number of hydrogen-bond acceptors (Lipinski definition) is 4. The van der Waals surface area contributed by atoms with Gasteiger partial charge in [0, 0.05) is 0 Å². The van der Waals surface area contributed by atoms with Gasteiger partial charge < -0.3 is 14.2 Å². The normalized spacial score (nSPS) is 41.8. The molecule has 1 aromatic rings. The monoisotopic (exact) mass is 300 g/mol. The van der Waals surface area contributed by atoms with Gasteiger partial charge in [0.2, 0.25) is 0 Å². The molecule has 1 aliphatic carbocycles. The molecule has 1 saturated carbocycles. The molecule has 2 saturated heterocycles. The first-order valence-electron chi connectivity index (χ1n) is 8.18. The van der Waals surface area contributed by atoms with Gasteiger partial charge in [0.1, 0.15) is 14.5 Å². The van der Waals surface area contributed by atoms with E-state index >= 15 is 0 Å². The zero-order chi connectivity index (χ0) is 15.4. The summed E-state index contributed by atoms with van der Waals surface area (Å²) in [5, 5.41) is 0. The summed E-state index contributed by atoms with van der Waals surface area (Å²) in [6, 6.07) is 9.83. The number of carbonyl (C=O) groups is 1. The summed E-state index contributed by atoms with van der Waals surface area (Å²) in [7, 11) is 2.04. The molecule has 0 bridgehead atoms. The second kappa shape index (κ2) is 4.83. The lowest BCUT2D eigenvalue weighted by Crippen LogP contribution is -2.65. The number of ether oxygens (including phenoxy) is 3. The van der Waals surface area contributed by atoms with Gasteiger partial charge in [0.25, 0.3) is 0 Å². The molecule has 116 valence electrons. The topological polar surface area (TPSA) is 44.8 Å². The standard InChI is InChI=1S/C17H21BO4/c1-2-16-8-9-17(13(16)12(21-17)14(18)22-16)15(19)20-10-11-6-4-3-5-7-11/h3-7,12-14H,2,8-10,18H2,1H3/t12-,13?,14+,16-,17?/m0/s1. The van der Waals surface area contributed by atoms with E-state index in [1.807, 2.05) is 38.2 Å². The second-order valence-corrected chi connectivity index (χ2v) is 6.75. The number of benzene rings is 1. The highest BCUT2D eigenvalue weighted by Crippen LogP contribution is 2.63. The minimum atomic E-state index is -0.764. The maximum atomic E-state index is 12.7. The first kappa shape index (κ1) is 14.3. The molecule has 3 aliphatic rings. The van der Waals surface area contributed by atoms with E-state index in [1.54, 1.807) is 0 Å². The molecule has 4 rings (SSSR count). The van der Waals surface area contributed by atoms with Gasteiger partial charge in [0.15, 0.2) is 5.60 Å². The highest BCUT2D eigenvalue weighted by molar-refractivity contribution is 6.12. The zero-order valence-electron chi connectivity index (χ0n) is 13.1. The Balaban J connectivity index is 1.50. The molecule has 0 N–H and O–H groups in total. The Labute approximate surface area is 131 Å². The number of rotatable bonds is 4. The van der Waals surface area contributed by atoms with Gasteiger partial charge in [-0.2, -0.15) is 0 Å². The van der Waals surface area contributed by atoms with Crippen LogP contribution in [0.4, 0.5) is 0 Å². The first-order chi connectivity index (χ1) is 10.6. The number of hydrogen-bond donors (Lipinski definition) is 0. The molecule has 2 unspecified atom stereocenters. The number of esters is 1. The van der Waals surface area contributed by atoms with Crippen molar-refractivity contribution in [1.82, 2.24) is 0 Å². The fourth-order valence-corrected chi connectivity index (χ4v) is 4.61. The van der Waals surface area contributed by atoms with Gasteiger partial charge >= 0.3 is 5.97 Å². The van der Waals surface area contributed by atoms with Crippen LogP contribution in [-0.4, -0.2) is 37.1 Å². The van der Waals surface area contributed by atoms with Gasteiger partial charge in [0.05, 0.1) is 23.6 Å². The Kier molecular flexibility index (Phi) is 3.14. The molecule has 0 amide bonds. The summed E-state index contributed by atoms with van der Waals surface area (Å²) in [4.78, 5) is 12.7. The summed E-state index contributed by atoms with van der Waals surface area (Å²) in [5.41, 5.74) is 0.0489. The van der Waals surface area contributed by atoms with Crippen molar-refractivity contribution in [3.63, 3.8) is 0 Å². The van der Waals surface area contributed by atoms with Gasteiger partial charge in [-0.1, -0.05) is 37.3 Å². The van der Waals surface area contributed by atoms with Crippen molar-refractivity contribution in [2.75, 3.05) is 0 Å². The van der Waals surface area contributed by atoms with E-state index in [1.165, 1.54) is 0 Å². The van der Waals surface area contributed by atoms with Gasteiger partial charge in [-0.15, -0.1) is 0 Å². The third kappa shape index (κ3) is 1.75. The van der Waals surface area contributed by atoms with Crippen LogP contribution in [0.3, 0.4) is 0 Å². The minimum Gasteiger partial charge on any atom is -0.459 e. The fraction of sp³-hybridized carbons (Fsp3) is 0.588. The molecule has 3 fully saturated rings. The van der Waals surface area contributed by atoms with Crippen LogP contribution in [-0.2, 0) is 25.6 Å². The SMILES string of the molecule is B[C@@H]1O[C@@]2(CC)CCC3(C(=O)OCc4ccccc4)O[C@H]1C32. The molecule has 0 radical (unpaired) electrons. The molecule has 5 heteroatoms. The molecule has 2 heterocycles. The highest BCUT2D eigenvalue weighted by Gasteiger charge is 2.77.